The highest BCUT2D eigenvalue weighted by Gasteiger charge is 2.15. The third kappa shape index (κ3) is 6.67. The zero-order chi connectivity index (χ0) is 18.3. The molecular weight excluding hydrogens is 318 g/mol. The van der Waals surface area contributed by atoms with Crippen molar-refractivity contribution in [1.82, 2.24) is 0 Å². The first-order valence-corrected chi connectivity index (χ1v) is 8.10. The number of esters is 2. The number of rotatable bonds is 6. The largest absolute Gasteiger partial charge is 0.459 e. The van der Waals surface area contributed by atoms with Crippen LogP contribution in [0.15, 0.2) is 54.6 Å². The van der Waals surface area contributed by atoms with Crippen LogP contribution in [0.5, 0.6) is 0 Å². The Bertz CT molecular complexity index is 703. The lowest BCUT2D eigenvalue weighted by Gasteiger charge is -2.19. The summed E-state index contributed by atoms with van der Waals surface area (Å²) in [6.07, 6.45) is 0. The molecule has 132 valence electrons. The molecule has 0 aromatic heterocycles. The van der Waals surface area contributed by atoms with E-state index in [1.807, 2.05) is 51.1 Å². The monoisotopic (exact) mass is 341 g/mol. The Morgan fingerprint density at radius 3 is 2.20 bits per heavy atom. The fraction of sp³-hybridized carbons (Fsp3) is 0.300. The lowest BCUT2D eigenvalue weighted by molar-refractivity contribution is -0.152. The van der Waals surface area contributed by atoms with E-state index in [1.54, 1.807) is 24.3 Å². The zero-order valence-corrected chi connectivity index (χ0v) is 14.7. The van der Waals surface area contributed by atoms with Crippen molar-refractivity contribution in [3.63, 3.8) is 0 Å². The summed E-state index contributed by atoms with van der Waals surface area (Å²) in [5, 5.41) is 2.96. The van der Waals surface area contributed by atoms with Gasteiger partial charge in [0.05, 0.1) is 5.56 Å². The van der Waals surface area contributed by atoms with Crippen LogP contribution in [0.4, 0.5) is 5.69 Å². The summed E-state index contributed by atoms with van der Waals surface area (Å²) in [6.45, 7) is 5.76. The second kappa shape index (κ2) is 8.33. The standard InChI is InChI=1S/C20H23NO4/c1-20(2,3)25-18(22)13-21-17-11-9-16(10-12-17)19(23)24-14-15-7-5-4-6-8-15/h4-12,21H,13-14H2,1-3H3. The van der Waals surface area contributed by atoms with E-state index in [4.69, 9.17) is 9.47 Å². The van der Waals surface area contributed by atoms with Gasteiger partial charge in [0.15, 0.2) is 0 Å². The number of carbonyl (C=O) groups excluding carboxylic acids is 2. The minimum Gasteiger partial charge on any atom is -0.459 e. The van der Waals surface area contributed by atoms with Crippen LogP contribution >= 0.6 is 0 Å². The second-order valence-corrected chi connectivity index (χ2v) is 6.58. The van der Waals surface area contributed by atoms with Crippen molar-refractivity contribution in [2.45, 2.75) is 33.0 Å². The summed E-state index contributed by atoms with van der Waals surface area (Å²) in [7, 11) is 0. The minimum atomic E-state index is -0.509. The fourth-order valence-corrected chi connectivity index (χ4v) is 2.08. The SMILES string of the molecule is CC(C)(C)OC(=O)CNc1ccc(C(=O)OCc2ccccc2)cc1. The first-order valence-electron chi connectivity index (χ1n) is 8.10. The molecule has 0 aliphatic carbocycles. The Labute approximate surface area is 148 Å². The van der Waals surface area contributed by atoms with E-state index in [0.717, 1.165) is 11.3 Å². The zero-order valence-electron chi connectivity index (χ0n) is 14.7. The van der Waals surface area contributed by atoms with Crippen LogP contribution in [0.3, 0.4) is 0 Å². The molecule has 0 fully saturated rings. The molecule has 0 aliphatic rings. The first-order chi connectivity index (χ1) is 11.8. The summed E-state index contributed by atoms with van der Waals surface area (Å²) in [4.78, 5) is 23.7. The Morgan fingerprint density at radius 2 is 1.60 bits per heavy atom. The number of nitrogens with one attached hydrogen (secondary N) is 1. The van der Waals surface area contributed by atoms with E-state index in [1.165, 1.54) is 0 Å². The highest BCUT2D eigenvalue weighted by molar-refractivity contribution is 5.89. The van der Waals surface area contributed by atoms with Crippen LogP contribution in [-0.4, -0.2) is 24.1 Å². The Morgan fingerprint density at radius 1 is 0.960 bits per heavy atom. The molecule has 0 aliphatic heterocycles. The molecule has 2 aromatic carbocycles. The van der Waals surface area contributed by atoms with E-state index >= 15 is 0 Å². The summed E-state index contributed by atoms with van der Waals surface area (Å²) < 4.78 is 10.5. The molecule has 0 unspecified atom stereocenters. The van der Waals surface area contributed by atoms with E-state index < -0.39 is 5.60 Å². The Hall–Kier alpha value is -2.82. The van der Waals surface area contributed by atoms with Gasteiger partial charge >= 0.3 is 11.9 Å². The van der Waals surface area contributed by atoms with Crippen molar-refractivity contribution >= 4 is 17.6 Å². The maximum absolute atomic E-state index is 12.0. The number of ether oxygens (including phenoxy) is 2. The van der Waals surface area contributed by atoms with Gasteiger partial charge < -0.3 is 14.8 Å². The highest BCUT2D eigenvalue weighted by atomic mass is 16.6. The van der Waals surface area contributed by atoms with Crippen LogP contribution < -0.4 is 5.32 Å². The van der Waals surface area contributed by atoms with Gasteiger partial charge in [0.25, 0.3) is 0 Å². The first kappa shape index (κ1) is 18.5. The second-order valence-electron chi connectivity index (χ2n) is 6.58. The number of hydrogen-bond acceptors (Lipinski definition) is 5. The van der Waals surface area contributed by atoms with Crippen molar-refractivity contribution in [3.8, 4) is 0 Å². The summed E-state index contributed by atoms with van der Waals surface area (Å²) in [5.41, 5.74) is 1.61. The van der Waals surface area contributed by atoms with Crippen molar-refractivity contribution in [3.05, 3.63) is 65.7 Å². The van der Waals surface area contributed by atoms with Gasteiger partial charge in [-0.15, -0.1) is 0 Å². The van der Waals surface area contributed by atoms with Gasteiger partial charge in [-0.25, -0.2) is 4.79 Å². The van der Waals surface area contributed by atoms with Gasteiger partial charge in [0.1, 0.15) is 18.8 Å². The van der Waals surface area contributed by atoms with E-state index in [9.17, 15) is 9.59 Å². The summed E-state index contributed by atoms with van der Waals surface area (Å²) >= 11 is 0. The fourth-order valence-electron chi connectivity index (χ4n) is 2.08. The van der Waals surface area contributed by atoms with Crippen LogP contribution in [0.25, 0.3) is 0 Å². The van der Waals surface area contributed by atoms with Crippen LogP contribution in [0, 0.1) is 0 Å². The quantitative estimate of drug-likeness (QED) is 0.810. The minimum absolute atomic E-state index is 0.0646. The lowest BCUT2D eigenvalue weighted by Crippen LogP contribution is -2.28. The molecule has 1 N–H and O–H groups in total. The number of hydrogen-bond donors (Lipinski definition) is 1. The molecular formula is C20H23NO4. The van der Waals surface area contributed by atoms with E-state index in [2.05, 4.69) is 5.32 Å². The molecule has 2 rings (SSSR count). The van der Waals surface area contributed by atoms with Gasteiger partial charge in [-0.3, -0.25) is 4.79 Å². The van der Waals surface area contributed by atoms with Gasteiger partial charge in [0.2, 0.25) is 0 Å². The third-order valence-electron chi connectivity index (χ3n) is 3.19. The van der Waals surface area contributed by atoms with Crippen molar-refractivity contribution in [1.29, 1.82) is 0 Å². The molecule has 0 spiro atoms. The molecule has 0 heterocycles. The predicted octanol–water partition coefficient (Wildman–Crippen LogP) is 3.80. The smallest absolute Gasteiger partial charge is 0.338 e. The molecule has 0 amide bonds. The normalized spacial score (nSPS) is 10.8. The topological polar surface area (TPSA) is 64.6 Å². The van der Waals surface area contributed by atoms with Gasteiger partial charge in [0, 0.05) is 5.69 Å². The maximum Gasteiger partial charge on any atom is 0.338 e. The Kier molecular flexibility index (Phi) is 6.17. The van der Waals surface area contributed by atoms with E-state index in [-0.39, 0.29) is 25.1 Å². The van der Waals surface area contributed by atoms with Crippen molar-refractivity contribution in [2.75, 3.05) is 11.9 Å². The average molecular weight is 341 g/mol. The summed E-state index contributed by atoms with van der Waals surface area (Å²) in [5.74, 6) is -0.721. The molecule has 0 radical (unpaired) electrons. The molecule has 25 heavy (non-hydrogen) atoms. The van der Waals surface area contributed by atoms with Gasteiger partial charge in [-0.05, 0) is 50.6 Å². The average Bonchev–Trinajstić information content (AvgIpc) is 2.58. The molecule has 0 saturated carbocycles. The van der Waals surface area contributed by atoms with Crippen LogP contribution in [0.2, 0.25) is 0 Å². The van der Waals surface area contributed by atoms with Gasteiger partial charge in [-0.1, -0.05) is 30.3 Å². The molecule has 5 heteroatoms. The van der Waals surface area contributed by atoms with Crippen LogP contribution in [-0.2, 0) is 20.9 Å². The number of anilines is 1. The Balaban J connectivity index is 1.82. The third-order valence-corrected chi connectivity index (χ3v) is 3.19. The number of benzene rings is 2. The van der Waals surface area contributed by atoms with Gasteiger partial charge in [-0.2, -0.15) is 0 Å². The maximum atomic E-state index is 12.0. The van der Waals surface area contributed by atoms with Crippen LogP contribution in [0.1, 0.15) is 36.7 Å². The highest BCUT2D eigenvalue weighted by Crippen LogP contribution is 2.12. The van der Waals surface area contributed by atoms with Crippen molar-refractivity contribution in [2.24, 2.45) is 0 Å². The molecule has 0 bridgehead atoms. The summed E-state index contributed by atoms with van der Waals surface area (Å²) in [6, 6.07) is 16.3. The lowest BCUT2D eigenvalue weighted by atomic mass is 10.2. The predicted molar refractivity (Wildman–Crippen MR) is 96.3 cm³/mol. The molecule has 5 nitrogen and oxygen atoms in total. The molecule has 0 saturated heterocycles. The molecule has 2 aromatic rings. The molecule has 0 atom stereocenters. The van der Waals surface area contributed by atoms with Crippen molar-refractivity contribution < 1.29 is 19.1 Å². The van der Waals surface area contributed by atoms with E-state index in [0.29, 0.717) is 5.56 Å². The number of carbonyl (C=O) groups is 2.